The number of benzene rings is 1. The van der Waals surface area contributed by atoms with Gasteiger partial charge in [0.2, 0.25) is 5.78 Å². The molecule has 1 N–H and O–H groups in total. The first-order valence-electron chi connectivity index (χ1n) is 8.64. The Bertz CT molecular complexity index is 1100. The summed E-state index contributed by atoms with van der Waals surface area (Å²) in [5.74, 6) is -0.933. The first-order chi connectivity index (χ1) is 13.1. The summed E-state index contributed by atoms with van der Waals surface area (Å²) >= 11 is 0. The summed E-state index contributed by atoms with van der Waals surface area (Å²) in [5.41, 5.74) is 2.63. The number of amidine groups is 1. The van der Waals surface area contributed by atoms with Gasteiger partial charge < -0.3 is 9.30 Å². The number of ether oxygens (including phenoxy) is 1. The monoisotopic (exact) mass is 403 g/mol. The molecule has 1 aliphatic heterocycles. The lowest BCUT2D eigenvalue weighted by Gasteiger charge is -2.09. The molecule has 1 aliphatic rings. The van der Waals surface area contributed by atoms with Gasteiger partial charge in [0.15, 0.2) is 6.61 Å². The van der Waals surface area contributed by atoms with Crippen LogP contribution in [-0.2, 0) is 26.6 Å². The number of aryl methyl sites for hydroxylation is 1. The topological polar surface area (TPSA) is 107 Å². The molecule has 0 spiro atoms. The van der Waals surface area contributed by atoms with Gasteiger partial charge in [0, 0.05) is 29.6 Å². The lowest BCUT2D eigenvalue weighted by atomic mass is 10.1. The van der Waals surface area contributed by atoms with Crippen LogP contribution >= 0.6 is 0 Å². The molecule has 0 saturated heterocycles. The molecule has 1 atom stereocenters. The molecule has 0 fully saturated rings. The molecule has 9 heteroatoms. The first-order valence-corrected chi connectivity index (χ1v) is 10.1. The van der Waals surface area contributed by atoms with Crippen LogP contribution in [0, 0.1) is 13.8 Å². The molecule has 0 amide bonds. The van der Waals surface area contributed by atoms with Gasteiger partial charge in [0.1, 0.15) is 11.9 Å². The molecule has 2 heterocycles. The number of rotatable bonds is 5. The van der Waals surface area contributed by atoms with E-state index in [-0.39, 0.29) is 16.5 Å². The van der Waals surface area contributed by atoms with Crippen LogP contribution < -0.4 is 4.72 Å². The van der Waals surface area contributed by atoms with E-state index in [1.807, 2.05) is 25.5 Å². The lowest BCUT2D eigenvalue weighted by molar-refractivity contribution is -0.143. The van der Waals surface area contributed by atoms with E-state index >= 15 is 0 Å². The molecule has 8 nitrogen and oxygen atoms in total. The zero-order valence-electron chi connectivity index (χ0n) is 16.0. The molecule has 3 rings (SSSR count). The van der Waals surface area contributed by atoms with Crippen molar-refractivity contribution in [2.75, 3.05) is 6.61 Å². The second-order valence-corrected chi connectivity index (χ2v) is 8.28. The summed E-state index contributed by atoms with van der Waals surface area (Å²) in [6.45, 7) is 4.78. The number of hydrogen-bond donors (Lipinski definition) is 1. The molecule has 1 aromatic carbocycles. The number of carbonyl (C=O) groups excluding carboxylic acids is 2. The van der Waals surface area contributed by atoms with Gasteiger partial charge in [-0.2, -0.15) is 0 Å². The molecule has 1 aromatic heterocycles. The predicted molar refractivity (Wildman–Crippen MR) is 103 cm³/mol. The number of esters is 1. The molecule has 28 heavy (non-hydrogen) atoms. The van der Waals surface area contributed by atoms with Gasteiger partial charge in [-0.1, -0.05) is 12.1 Å². The van der Waals surface area contributed by atoms with E-state index in [2.05, 4.69) is 9.71 Å². The largest absolute Gasteiger partial charge is 0.456 e. The average molecular weight is 403 g/mol. The molecule has 1 unspecified atom stereocenters. The van der Waals surface area contributed by atoms with Crippen LogP contribution in [0.3, 0.4) is 0 Å². The number of aromatic nitrogens is 1. The molecule has 0 bridgehead atoms. The highest BCUT2D eigenvalue weighted by atomic mass is 32.2. The van der Waals surface area contributed by atoms with Gasteiger partial charge in [-0.25, -0.2) is 13.2 Å². The van der Waals surface area contributed by atoms with Crippen molar-refractivity contribution in [1.29, 1.82) is 0 Å². The van der Waals surface area contributed by atoms with Crippen molar-refractivity contribution in [1.82, 2.24) is 9.29 Å². The van der Waals surface area contributed by atoms with Gasteiger partial charge in [-0.05, 0) is 39.0 Å². The van der Waals surface area contributed by atoms with E-state index in [4.69, 9.17) is 4.74 Å². The average Bonchev–Trinajstić information content (AvgIpc) is 3.07. The van der Waals surface area contributed by atoms with Crippen LogP contribution in [0.4, 0.5) is 0 Å². The molecule has 0 radical (unpaired) electrons. The predicted octanol–water partition coefficient (Wildman–Crippen LogP) is 1.50. The summed E-state index contributed by atoms with van der Waals surface area (Å²) in [7, 11) is -1.83. The van der Waals surface area contributed by atoms with E-state index < -0.39 is 28.6 Å². The van der Waals surface area contributed by atoms with E-state index in [1.165, 1.54) is 13.0 Å². The summed E-state index contributed by atoms with van der Waals surface area (Å²) in [6, 6.07) is 7.13. The second kappa shape index (κ2) is 7.23. The van der Waals surface area contributed by atoms with E-state index in [1.54, 1.807) is 24.3 Å². The van der Waals surface area contributed by atoms with Crippen molar-refractivity contribution < 1.29 is 22.7 Å². The zero-order valence-corrected chi connectivity index (χ0v) is 16.8. The van der Waals surface area contributed by atoms with E-state index in [9.17, 15) is 18.0 Å². The van der Waals surface area contributed by atoms with Gasteiger partial charge in [-0.15, -0.1) is 0 Å². The number of Topliss-reactive ketones (excluding diaryl/α,β-unsaturated/α-hetero) is 1. The molecule has 148 valence electrons. The van der Waals surface area contributed by atoms with Crippen LogP contribution in [0.25, 0.3) is 0 Å². The minimum absolute atomic E-state index is 0.0842. The number of sulfonamides is 1. The number of carbonyl (C=O) groups is 2. The van der Waals surface area contributed by atoms with Crippen molar-refractivity contribution in [2.45, 2.75) is 31.7 Å². The Kier molecular flexibility index (Phi) is 5.12. The van der Waals surface area contributed by atoms with Crippen LogP contribution in [-0.4, -0.2) is 43.2 Å². The number of ketones is 1. The number of nitrogens with zero attached hydrogens (tertiary/aromatic N) is 2. The summed E-state index contributed by atoms with van der Waals surface area (Å²) in [4.78, 5) is 28.8. The summed E-state index contributed by atoms with van der Waals surface area (Å²) in [5, 5.41) is 0. The SMILES string of the molecule is Cc1cc(C(=O)COC(=O)C(C)N=C2NS(=O)(=O)c3ccccc32)c(C)n1C. The smallest absolute Gasteiger partial charge is 0.331 e. The summed E-state index contributed by atoms with van der Waals surface area (Å²) < 4.78 is 33.5. The number of aliphatic imine (C=N–C) groups is 1. The number of fused-ring (bicyclic) bond motifs is 1. The maximum absolute atomic E-state index is 12.3. The first kappa shape index (κ1) is 19.8. The fourth-order valence-corrected chi connectivity index (χ4v) is 4.19. The maximum Gasteiger partial charge on any atom is 0.331 e. The highest BCUT2D eigenvalue weighted by Gasteiger charge is 2.31. The fraction of sp³-hybridized carbons (Fsp3) is 0.316. The molecular formula is C19H21N3O5S. The summed E-state index contributed by atoms with van der Waals surface area (Å²) in [6.07, 6.45) is 0. The quantitative estimate of drug-likeness (QED) is 0.601. The highest BCUT2D eigenvalue weighted by molar-refractivity contribution is 7.90. The van der Waals surface area contributed by atoms with Gasteiger partial charge in [-0.3, -0.25) is 14.5 Å². The maximum atomic E-state index is 12.3. The Balaban J connectivity index is 1.70. The van der Waals surface area contributed by atoms with Crippen molar-refractivity contribution in [3.63, 3.8) is 0 Å². The Hall–Kier alpha value is -2.94. The van der Waals surface area contributed by atoms with Crippen LogP contribution in [0.5, 0.6) is 0 Å². The zero-order chi connectivity index (χ0) is 20.6. The minimum atomic E-state index is -3.68. The van der Waals surface area contributed by atoms with Crippen LogP contribution in [0.15, 0.2) is 40.2 Å². The minimum Gasteiger partial charge on any atom is -0.456 e. The van der Waals surface area contributed by atoms with E-state index in [0.717, 1.165) is 11.4 Å². The third kappa shape index (κ3) is 3.57. The molecular weight excluding hydrogens is 382 g/mol. The molecule has 0 aliphatic carbocycles. The van der Waals surface area contributed by atoms with Crippen molar-refractivity contribution in [3.8, 4) is 0 Å². The van der Waals surface area contributed by atoms with Crippen molar-refractivity contribution in [2.24, 2.45) is 12.0 Å². The second-order valence-electron chi connectivity index (χ2n) is 6.63. The number of hydrogen-bond acceptors (Lipinski definition) is 6. The normalized spacial score (nSPS) is 17.1. The molecule has 0 saturated carbocycles. The standard InChI is InChI=1S/C19H21N3O5S/c1-11-9-15(13(3)22(11)4)16(23)10-27-19(24)12(2)20-18-14-7-5-6-8-17(14)28(25,26)21-18/h5-9,12H,10H2,1-4H3,(H,20,21). The Labute approximate surface area is 163 Å². The van der Waals surface area contributed by atoms with Crippen molar-refractivity contribution >= 4 is 27.6 Å². The Morgan fingerprint density at radius 2 is 1.93 bits per heavy atom. The Morgan fingerprint density at radius 1 is 1.25 bits per heavy atom. The van der Waals surface area contributed by atoms with Gasteiger partial charge >= 0.3 is 5.97 Å². The Morgan fingerprint density at radius 3 is 2.57 bits per heavy atom. The van der Waals surface area contributed by atoms with Gasteiger partial charge in [0.05, 0.1) is 4.90 Å². The highest BCUT2D eigenvalue weighted by Crippen LogP contribution is 2.22. The van der Waals surface area contributed by atoms with Crippen LogP contribution in [0.2, 0.25) is 0 Å². The van der Waals surface area contributed by atoms with Crippen LogP contribution in [0.1, 0.15) is 34.2 Å². The molecule has 2 aromatic rings. The van der Waals surface area contributed by atoms with Crippen molar-refractivity contribution in [3.05, 3.63) is 52.8 Å². The third-order valence-electron chi connectivity index (χ3n) is 4.75. The fourth-order valence-electron chi connectivity index (χ4n) is 2.95. The third-order valence-corrected chi connectivity index (χ3v) is 6.14. The van der Waals surface area contributed by atoms with E-state index in [0.29, 0.717) is 11.1 Å². The number of nitrogens with one attached hydrogen (secondary N) is 1. The lowest BCUT2D eigenvalue weighted by Crippen LogP contribution is -2.27. The van der Waals surface area contributed by atoms with Gasteiger partial charge in [0.25, 0.3) is 10.0 Å².